The van der Waals surface area contributed by atoms with Gasteiger partial charge in [0.2, 0.25) is 0 Å². The van der Waals surface area contributed by atoms with E-state index >= 15 is 0 Å². The standard InChI is InChI=1S/C13H10Cl2N2O2S/c14-10-6-8-11(9-7-10)16-13(18)17-20(15,19)12-4-2-1-3-5-12/h1-9H,(H,16,18). The summed E-state index contributed by atoms with van der Waals surface area (Å²) >= 11 is 5.73. The molecule has 0 bridgehead atoms. The average molecular weight is 329 g/mol. The van der Waals surface area contributed by atoms with Gasteiger partial charge in [-0.15, -0.1) is 4.36 Å². The number of rotatable bonds is 2. The van der Waals surface area contributed by atoms with Gasteiger partial charge in [0.1, 0.15) is 0 Å². The summed E-state index contributed by atoms with van der Waals surface area (Å²) in [7, 11) is 2.55. The zero-order valence-corrected chi connectivity index (χ0v) is 12.5. The number of nitrogens with zero attached hydrogens (tertiary/aromatic N) is 1. The topological polar surface area (TPSA) is 58.5 Å². The number of anilines is 1. The van der Waals surface area contributed by atoms with Crippen LogP contribution in [-0.2, 0) is 8.94 Å². The zero-order chi connectivity index (χ0) is 14.6. The van der Waals surface area contributed by atoms with Crippen LogP contribution in [0.25, 0.3) is 0 Å². The lowest BCUT2D eigenvalue weighted by molar-refractivity contribution is 0.260. The van der Waals surface area contributed by atoms with Gasteiger partial charge in [0.15, 0.2) is 8.94 Å². The predicted octanol–water partition coefficient (Wildman–Crippen LogP) is 4.55. The molecule has 0 radical (unpaired) electrons. The lowest BCUT2D eigenvalue weighted by atomic mass is 10.3. The second-order valence-corrected chi connectivity index (χ2v) is 7.06. The smallest absolute Gasteiger partial charge is 0.306 e. The van der Waals surface area contributed by atoms with E-state index in [0.717, 1.165) is 0 Å². The fourth-order valence-electron chi connectivity index (χ4n) is 1.43. The van der Waals surface area contributed by atoms with Crippen molar-refractivity contribution in [2.24, 2.45) is 4.36 Å². The van der Waals surface area contributed by atoms with E-state index in [1.807, 2.05) is 0 Å². The third-order valence-corrected chi connectivity index (χ3v) is 4.58. The molecule has 0 aliphatic rings. The molecule has 2 aromatic rings. The van der Waals surface area contributed by atoms with E-state index < -0.39 is 15.0 Å². The molecular formula is C13H10Cl2N2O2S. The number of amides is 2. The van der Waals surface area contributed by atoms with Crippen LogP contribution in [0.2, 0.25) is 5.02 Å². The largest absolute Gasteiger partial charge is 0.354 e. The fraction of sp³-hybridized carbons (Fsp3) is 0. The summed E-state index contributed by atoms with van der Waals surface area (Å²) in [6.45, 7) is 0. The second kappa shape index (κ2) is 6.26. The molecule has 0 saturated carbocycles. The molecule has 2 amide bonds. The molecule has 4 nitrogen and oxygen atoms in total. The first kappa shape index (κ1) is 14.8. The Kier molecular flexibility index (Phi) is 4.65. The minimum atomic E-state index is -3.28. The number of carbonyl (C=O) groups is 1. The fourth-order valence-corrected chi connectivity index (χ4v) is 2.91. The molecule has 0 spiro atoms. The van der Waals surface area contributed by atoms with Gasteiger partial charge in [-0.2, -0.15) is 0 Å². The Morgan fingerprint density at radius 1 is 1.05 bits per heavy atom. The summed E-state index contributed by atoms with van der Waals surface area (Å²) < 4.78 is 15.7. The van der Waals surface area contributed by atoms with E-state index in [9.17, 15) is 9.00 Å². The van der Waals surface area contributed by atoms with Gasteiger partial charge < -0.3 is 5.32 Å². The minimum absolute atomic E-state index is 0.285. The molecular weight excluding hydrogens is 319 g/mol. The zero-order valence-electron chi connectivity index (χ0n) is 10.1. The summed E-state index contributed by atoms with van der Waals surface area (Å²) in [6, 6.07) is 13.9. The van der Waals surface area contributed by atoms with E-state index in [0.29, 0.717) is 10.7 Å². The van der Waals surface area contributed by atoms with Crippen LogP contribution in [0, 0.1) is 0 Å². The van der Waals surface area contributed by atoms with Gasteiger partial charge in [0.05, 0.1) is 4.90 Å². The summed E-state index contributed by atoms with van der Waals surface area (Å²) in [5, 5.41) is 3.01. The second-order valence-electron chi connectivity index (χ2n) is 3.80. The first-order chi connectivity index (χ1) is 9.47. The van der Waals surface area contributed by atoms with Gasteiger partial charge in [0, 0.05) is 21.4 Å². The summed E-state index contributed by atoms with van der Waals surface area (Å²) in [6.07, 6.45) is 0. The quantitative estimate of drug-likeness (QED) is 0.822. The summed E-state index contributed by atoms with van der Waals surface area (Å²) in [5.74, 6) is 0. The maximum atomic E-state index is 12.2. The molecule has 0 aliphatic heterocycles. The molecule has 0 saturated heterocycles. The van der Waals surface area contributed by atoms with Crippen LogP contribution < -0.4 is 5.32 Å². The monoisotopic (exact) mass is 328 g/mol. The molecule has 7 heteroatoms. The Balaban J connectivity index is 2.20. The highest BCUT2D eigenvalue weighted by molar-refractivity contribution is 8.15. The maximum absolute atomic E-state index is 12.2. The van der Waals surface area contributed by atoms with Crippen LogP contribution >= 0.6 is 22.3 Å². The number of benzene rings is 2. The van der Waals surface area contributed by atoms with Crippen molar-refractivity contribution in [1.82, 2.24) is 0 Å². The number of hydrogen-bond donors (Lipinski definition) is 1. The lowest BCUT2D eigenvalue weighted by Gasteiger charge is -2.03. The number of carbonyl (C=O) groups excluding carboxylic acids is 1. The Morgan fingerprint density at radius 3 is 2.25 bits per heavy atom. The van der Waals surface area contributed by atoms with Crippen molar-refractivity contribution >= 4 is 42.9 Å². The highest BCUT2D eigenvalue weighted by Gasteiger charge is 2.11. The van der Waals surface area contributed by atoms with Gasteiger partial charge >= 0.3 is 6.03 Å². The van der Waals surface area contributed by atoms with Gasteiger partial charge in [-0.1, -0.05) is 29.8 Å². The van der Waals surface area contributed by atoms with Crippen LogP contribution in [0.1, 0.15) is 0 Å². The van der Waals surface area contributed by atoms with Crippen molar-refractivity contribution in [3.8, 4) is 0 Å². The van der Waals surface area contributed by atoms with Crippen molar-refractivity contribution in [2.45, 2.75) is 4.90 Å². The average Bonchev–Trinajstić information content (AvgIpc) is 2.42. The van der Waals surface area contributed by atoms with E-state index in [4.69, 9.17) is 22.3 Å². The lowest BCUT2D eigenvalue weighted by Crippen LogP contribution is -2.08. The third-order valence-electron chi connectivity index (χ3n) is 2.33. The van der Waals surface area contributed by atoms with Crippen molar-refractivity contribution in [3.05, 3.63) is 59.6 Å². The van der Waals surface area contributed by atoms with Gasteiger partial charge in [-0.25, -0.2) is 9.00 Å². The predicted molar refractivity (Wildman–Crippen MR) is 81.6 cm³/mol. The van der Waals surface area contributed by atoms with Crippen molar-refractivity contribution in [3.63, 3.8) is 0 Å². The van der Waals surface area contributed by atoms with Crippen LogP contribution in [0.3, 0.4) is 0 Å². The van der Waals surface area contributed by atoms with E-state index in [1.165, 1.54) is 0 Å². The molecule has 104 valence electrons. The van der Waals surface area contributed by atoms with Crippen molar-refractivity contribution in [1.29, 1.82) is 0 Å². The minimum Gasteiger partial charge on any atom is -0.306 e. The Labute approximate surface area is 126 Å². The highest BCUT2D eigenvalue weighted by atomic mass is 35.7. The maximum Gasteiger partial charge on any atom is 0.354 e. The van der Waals surface area contributed by atoms with Crippen LogP contribution in [0.15, 0.2) is 63.9 Å². The van der Waals surface area contributed by atoms with Crippen molar-refractivity contribution < 1.29 is 9.00 Å². The molecule has 1 atom stereocenters. The number of hydrogen-bond acceptors (Lipinski definition) is 2. The number of nitrogens with one attached hydrogen (secondary N) is 1. The third kappa shape index (κ3) is 3.96. The van der Waals surface area contributed by atoms with Gasteiger partial charge in [-0.05, 0) is 36.4 Å². The summed E-state index contributed by atoms with van der Waals surface area (Å²) in [4.78, 5) is 12.0. The van der Waals surface area contributed by atoms with Gasteiger partial charge in [0.25, 0.3) is 0 Å². The SMILES string of the molecule is O=C(N=S(=O)(Cl)c1ccccc1)Nc1ccc(Cl)cc1. The van der Waals surface area contributed by atoms with E-state index in [1.54, 1.807) is 54.6 Å². The highest BCUT2D eigenvalue weighted by Crippen LogP contribution is 2.19. The normalized spacial score (nSPS) is 13.3. The summed E-state index contributed by atoms with van der Waals surface area (Å²) in [5.41, 5.74) is 0.489. The Bertz CT molecular complexity index is 724. The Hall–Kier alpha value is -1.56. The van der Waals surface area contributed by atoms with Gasteiger partial charge in [-0.3, -0.25) is 0 Å². The van der Waals surface area contributed by atoms with E-state index in [2.05, 4.69) is 9.68 Å². The Morgan fingerprint density at radius 2 is 1.65 bits per heavy atom. The van der Waals surface area contributed by atoms with Crippen LogP contribution in [0.5, 0.6) is 0 Å². The van der Waals surface area contributed by atoms with Crippen LogP contribution in [-0.4, -0.2) is 10.2 Å². The molecule has 2 rings (SSSR count). The first-order valence-electron chi connectivity index (χ1n) is 5.56. The first-order valence-corrected chi connectivity index (χ1v) is 8.28. The van der Waals surface area contributed by atoms with Crippen molar-refractivity contribution in [2.75, 3.05) is 5.32 Å². The number of halogens is 2. The molecule has 20 heavy (non-hydrogen) atoms. The molecule has 0 aromatic heterocycles. The molecule has 0 heterocycles. The molecule has 0 fully saturated rings. The number of urea groups is 1. The van der Waals surface area contributed by atoms with Crippen LogP contribution in [0.4, 0.5) is 10.5 Å². The molecule has 0 aliphatic carbocycles. The van der Waals surface area contributed by atoms with E-state index in [-0.39, 0.29) is 4.90 Å². The molecule has 1 N–H and O–H groups in total. The molecule has 1 unspecified atom stereocenters. The molecule has 2 aromatic carbocycles.